The van der Waals surface area contributed by atoms with Crippen LogP contribution in [0.1, 0.15) is 26.7 Å². The number of hydrogen-bond donors (Lipinski definition) is 0. The molecular weight excluding hydrogens is 475 g/mol. The molecule has 2 aliphatic rings. The van der Waals surface area contributed by atoms with Crippen molar-refractivity contribution in [3.63, 3.8) is 0 Å². The van der Waals surface area contributed by atoms with Gasteiger partial charge in [-0.3, -0.25) is 0 Å². The zero-order valence-corrected chi connectivity index (χ0v) is 22.0. The van der Waals surface area contributed by atoms with Gasteiger partial charge >= 0.3 is 158 Å². The Morgan fingerprint density at radius 3 is 1.39 bits per heavy atom. The first-order chi connectivity index (χ1) is 10.5. The van der Waals surface area contributed by atoms with Crippen molar-refractivity contribution in [3.8, 4) is 0 Å². The molecule has 2 aliphatic carbocycles. The van der Waals surface area contributed by atoms with Crippen molar-refractivity contribution in [3.05, 3.63) is 42.1 Å². The second-order valence-electron chi connectivity index (χ2n) is 9.38. The van der Waals surface area contributed by atoms with Gasteiger partial charge in [0.2, 0.25) is 0 Å². The Morgan fingerprint density at radius 2 is 1.09 bits per heavy atom. The molecule has 2 unspecified atom stereocenters. The van der Waals surface area contributed by atoms with Gasteiger partial charge in [-0.05, 0) is 0 Å². The van der Waals surface area contributed by atoms with Crippen molar-refractivity contribution in [1.29, 1.82) is 0 Å². The summed E-state index contributed by atoms with van der Waals surface area (Å²) in [6.45, 7) is 20.1. The van der Waals surface area contributed by atoms with E-state index in [9.17, 15) is 0 Å². The fourth-order valence-corrected chi connectivity index (χ4v) is 12.7. The zero-order chi connectivity index (χ0) is 17.4. The van der Waals surface area contributed by atoms with Gasteiger partial charge in [-0.15, -0.1) is 0 Å². The molecular formula is C20H34HfSi2. The molecule has 0 fully saturated rings. The molecule has 0 saturated carbocycles. The summed E-state index contributed by atoms with van der Waals surface area (Å²) in [6, 6.07) is 0. The van der Waals surface area contributed by atoms with Crippen LogP contribution in [0.5, 0.6) is 0 Å². The summed E-state index contributed by atoms with van der Waals surface area (Å²) in [6.07, 6.45) is 12.4. The predicted molar refractivity (Wildman–Crippen MR) is 107 cm³/mol. The summed E-state index contributed by atoms with van der Waals surface area (Å²) >= 11 is -0.842. The fraction of sp³-hybridized carbons (Fsp3) is 0.600. The molecule has 0 heterocycles. The average Bonchev–Trinajstić information content (AvgIpc) is 3.04. The van der Waals surface area contributed by atoms with Crippen molar-refractivity contribution in [1.82, 2.24) is 0 Å². The number of allylic oxidation sites excluding steroid dienone is 8. The summed E-state index contributed by atoms with van der Waals surface area (Å²) in [7, 11) is -2.19. The van der Waals surface area contributed by atoms with Crippen molar-refractivity contribution in [2.24, 2.45) is 0 Å². The quantitative estimate of drug-likeness (QED) is 0.340. The van der Waals surface area contributed by atoms with Crippen LogP contribution in [0.25, 0.3) is 0 Å². The summed E-state index contributed by atoms with van der Waals surface area (Å²) in [5.41, 5.74) is 5.15. The van der Waals surface area contributed by atoms with Gasteiger partial charge in [-0.25, -0.2) is 0 Å². The molecule has 0 N–H and O–H groups in total. The minimum atomic E-state index is -1.09. The molecule has 126 valence electrons. The predicted octanol–water partition coefficient (Wildman–Crippen LogP) is 6.95. The van der Waals surface area contributed by atoms with Crippen LogP contribution < -0.4 is 0 Å². The van der Waals surface area contributed by atoms with Gasteiger partial charge in [0.1, 0.15) is 0 Å². The van der Waals surface area contributed by atoms with E-state index in [1.165, 1.54) is 12.8 Å². The van der Waals surface area contributed by atoms with E-state index in [2.05, 4.69) is 77.4 Å². The average molecular weight is 509 g/mol. The van der Waals surface area contributed by atoms with E-state index < -0.39 is 39.1 Å². The van der Waals surface area contributed by atoms with Gasteiger partial charge < -0.3 is 0 Å². The SMILES string of the molecule is CC(C1=[C]([Hf][C]2=C(C(C)[Si](C)(C)C)C=CC2)CC=C1)[Si](C)(C)C. The van der Waals surface area contributed by atoms with Gasteiger partial charge in [0.25, 0.3) is 0 Å². The molecule has 2 atom stereocenters. The Hall–Kier alpha value is 0.264. The fourth-order valence-electron chi connectivity index (χ4n) is 3.22. The first-order valence-corrected chi connectivity index (χ1v) is 19.8. The Bertz CT molecular complexity index is 528. The van der Waals surface area contributed by atoms with E-state index in [1.807, 2.05) is 6.66 Å². The molecule has 23 heavy (non-hydrogen) atoms. The molecule has 0 aromatic rings. The molecule has 0 spiro atoms. The molecule has 0 amide bonds. The molecule has 0 bridgehead atoms. The maximum atomic E-state index is 2.53. The molecule has 0 aromatic carbocycles. The molecule has 0 saturated heterocycles. The van der Waals surface area contributed by atoms with E-state index in [-0.39, 0.29) is 0 Å². The van der Waals surface area contributed by atoms with Crippen LogP contribution >= 0.6 is 0 Å². The minimum absolute atomic E-state index is 0.816. The van der Waals surface area contributed by atoms with E-state index in [0.29, 0.717) is 0 Å². The normalized spacial score (nSPS) is 21.4. The van der Waals surface area contributed by atoms with Crippen LogP contribution in [0, 0.1) is 0 Å². The van der Waals surface area contributed by atoms with Crippen LogP contribution in [0.15, 0.2) is 42.1 Å². The van der Waals surface area contributed by atoms with Gasteiger partial charge in [0, 0.05) is 0 Å². The summed E-state index contributed by atoms with van der Waals surface area (Å²) in [5, 5.41) is 0. The third-order valence-corrected chi connectivity index (χ3v) is 17.3. The van der Waals surface area contributed by atoms with Crippen LogP contribution in [0.3, 0.4) is 0 Å². The van der Waals surface area contributed by atoms with Gasteiger partial charge in [-0.2, -0.15) is 0 Å². The first kappa shape index (κ1) is 19.6. The molecule has 3 heteroatoms. The number of hydrogen-bond acceptors (Lipinski definition) is 0. The van der Waals surface area contributed by atoms with Gasteiger partial charge in [-0.1, -0.05) is 0 Å². The Labute approximate surface area is 157 Å². The van der Waals surface area contributed by atoms with Crippen molar-refractivity contribution < 1.29 is 22.9 Å². The van der Waals surface area contributed by atoms with Gasteiger partial charge in [0.15, 0.2) is 0 Å². The Morgan fingerprint density at radius 1 is 0.739 bits per heavy atom. The van der Waals surface area contributed by atoms with Crippen molar-refractivity contribution >= 4 is 16.1 Å². The first-order valence-electron chi connectivity index (χ1n) is 9.08. The Balaban J connectivity index is 2.27. The standard InChI is InChI=1S/2C10H17Si.Hf/c2*1-9(11(2,3)4)10-7-5-6-8-10;/h2*5,7,9H,6H2,1-4H3;. The molecule has 0 radical (unpaired) electrons. The monoisotopic (exact) mass is 510 g/mol. The van der Waals surface area contributed by atoms with Crippen LogP contribution in [-0.2, 0) is 22.9 Å². The third-order valence-electron chi connectivity index (χ3n) is 5.77. The van der Waals surface area contributed by atoms with Crippen molar-refractivity contribution in [2.45, 2.75) is 77.1 Å². The molecule has 2 rings (SSSR count). The van der Waals surface area contributed by atoms with E-state index in [1.54, 1.807) is 11.1 Å². The summed E-state index contributed by atoms with van der Waals surface area (Å²) in [4.78, 5) is 0. The van der Waals surface area contributed by atoms with E-state index in [4.69, 9.17) is 0 Å². The topological polar surface area (TPSA) is 0 Å². The summed E-state index contributed by atoms with van der Waals surface area (Å²) < 4.78 is 3.80. The van der Waals surface area contributed by atoms with Crippen LogP contribution in [0.4, 0.5) is 0 Å². The third kappa shape index (κ3) is 4.67. The zero-order valence-electron chi connectivity index (χ0n) is 16.4. The second kappa shape index (κ2) is 7.25. The molecule has 0 aromatic heterocycles. The van der Waals surface area contributed by atoms with Gasteiger partial charge in [0.05, 0.1) is 0 Å². The van der Waals surface area contributed by atoms with Crippen molar-refractivity contribution in [2.75, 3.05) is 0 Å². The van der Waals surface area contributed by atoms with Crippen LogP contribution in [0.2, 0.25) is 50.4 Å². The Kier molecular flexibility index (Phi) is 6.17. The molecule has 0 nitrogen and oxygen atoms in total. The van der Waals surface area contributed by atoms with Crippen LogP contribution in [-0.4, -0.2) is 16.1 Å². The number of rotatable bonds is 6. The maximum absolute atomic E-state index is 2.53. The molecule has 0 aliphatic heterocycles. The second-order valence-corrected chi connectivity index (χ2v) is 25.8. The van der Waals surface area contributed by atoms with E-state index >= 15 is 0 Å². The summed E-state index contributed by atoms with van der Waals surface area (Å²) in [5.74, 6) is 0. The van der Waals surface area contributed by atoms with E-state index in [0.717, 1.165) is 11.1 Å².